The summed E-state index contributed by atoms with van der Waals surface area (Å²) in [6.45, 7) is 8.37. The smallest absolute Gasteiger partial charge is 0.251 e. The third-order valence-electron chi connectivity index (χ3n) is 3.95. The van der Waals surface area contributed by atoms with Crippen LogP contribution in [0.1, 0.15) is 29.8 Å². The fourth-order valence-electron chi connectivity index (χ4n) is 2.39. The van der Waals surface area contributed by atoms with Crippen molar-refractivity contribution in [2.45, 2.75) is 26.8 Å². The van der Waals surface area contributed by atoms with Gasteiger partial charge in [0.1, 0.15) is 6.04 Å². The molecule has 23 heavy (non-hydrogen) atoms. The first-order valence-electron chi connectivity index (χ1n) is 7.83. The zero-order chi connectivity index (χ0) is 16.1. The first-order chi connectivity index (χ1) is 10.5. The number of carbonyl (C=O) groups excluding carboxylic acids is 2. The Bertz CT molecular complexity index is 544. The van der Waals surface area contributed by atoms with Crippen molar-refractivity contribution >= 4 is 24.2 Å². The highest BCUT2D eigenvalue weighted by atomic mass is 35.5. The summed E-state index contributed by atoms with van der Waals surface area (Å²) in [5.41, 5.74) is 1.61. The van der Waals surface area contributed by atoms with Crippen LogP contribution in [0, 0.1) is 18.8 Å². The number of hydrogen-bond acceptors (Lipinski definition) is 3. The van der Waals surface area contributed by atoms with Gasteiger partial charge in [-0.3, -0.25) is 9.59 Å². The minimum Gasteiger partial charge on any atom is -0.354 e. The molecule has 2 amide bonds. The highest BCUT2D eigenvalue weighted by Gasteiger charge is 2.26. The lowest BCUT2D eigenvalue weighted by molar-refractivity contribution is -0.124. The van der Waals surface area contributed by atoms with Crippen molar-refractivity contribution in [2.24, 2.45) is 11.8 Å². The molecule has 0 radical (unpaired) electrons. The summed E-state index contributed by atoms with van der Waals surface area (Å²) >= 11 is 0. The molecule has 1 unspecified atom stereocenters. The number of aryl methyl sites for hydroxylation is 1. The minimum absolute atomic E-state index is 0. The Labute approximate surface area is 144 Å². The van der Waals surface area contributed by atoms with Gasteiger partial charge in [0.2, 0.25) is 5.91 Å². The molecule has 1 fully saturated rings. The van der Waals surface area contributed by atoms with Crippen LogP contribution in [0.3, 0.4) is 0 Å². The van der Waals surface area contributed by atoms with Gasteiger partial charge in [-0.25, -0.2) is 0 Å². The van der Waals surface area contributed by atoms with Gasteiger partial charge in [-0.15, -0.1) is 12.4 Å². The van der Waals surface area contributed by atoms with Gasteiger partial charge in [0.15, 0.2) is 0 Å². The minimum atomic E-state index is -0.513. The number of amides is 2. The van der Waals surface area contributed by atoms with E-state index < -0.39 is 6.04 Å². The molecule has 1 heterocycles. The summed E-state index contributed by atoms with van der Waals surface area (Å²) in [5, 5.41) is 8.97. The van der Waals surface area contributed by atoms with E-state index in [9.17, 15) is 9.59 Å². The van der Waals surface area contributed by atoms with Crippen molar-refractivity contribution in [3.05, 3.63) is 35.4 Å². The Morgan fingerprint density at radius 2 is 2.00 bits per heavy atom. The summed E-state index contributed by atoms with van der Waals surface area (Å²) in [6.07, 6.45) is 0. The SMILES string of the molecule is Cc1cccc(C(=O)NC(C(=O)NCC2CNC2)C(C)C)c1.Cl. The molecule has 1 saturated heterocycles. The van der Waals surface area contributed by atoms with Crippen molar-refractivity contribution in [1.29, 1.82) is 0 Å². The Morgan fingerprint density at radius 3 is 2.52 bits per heavy atom. The van der Waals surface area contributed by atoms with E-state index in [0.29, 0.717) is 18.0 Å². The second kappa shape index (κ2) is 8.89. The standard InChI is InChI=1S/C17H25N3O2.ClH/c1-11(2)15(17(22)19-10-13-8-18-9-13)20-16(21)14-6-4-5-12(3)7-14;/h4-7,11,13,15,18H,8-10H2,1-3H3,(H,19,22)(H,20,21);1H. The normalized spacial score (nSPS) is 15.3. The molecule has 0 saturated carbocycles. The molecule has 0 spiro atoms. The molecule has 1 aromatic carbocycles. The monoisotopic (exact) mass is 339 g/mol. The van der Waals surface area contributed by atoms with E-state index in [2.05, 4.69) is 16.0 Å². The molecule has 6 heteroatoms. The summed E-state index contributed by atoms with van der Waals surface area (Å²) in [4.78, 5) is 24.6. The number of hydrogen-bond donors (Lipinski definition) is 3. The molecule has 1 atom stereocenters. The molecule has 3 N–H and O–H groups in total. The first kappa shape index (κ1) is 19.5. The number of carbonyl (C=O) groups is 2. The second-order valence-electron chi connectivity index (χ2n) is 6.33. The Hall–Kier alpha value is -1.59. The van der Waals surface area contributed by atoms with E-state index in [1.54, 1.807) is 6.07 Å². The number of rotatable bonds is 6. The van der Waals surface area contributed by atoms with Crippen molar-refractivity contribution < 1.29 is 9.59 Å². The van der Waals surface area contributed by atoms with Crippen molar-refractivity contribution in [2.75, 3.05) is 19.6 Å². The lowest BCUT2D eigenvalue weighted by atomic mass is 10.0. The second-order valence-corrected chi connectivity index (χ2v) is 6.33. The number of halogens is 1. The maximum Gasteiger partial charge on any atom is 0.251 e. The van der Waals surface area contributed by atoms with Crippen LogP contribution in [-0.2, 0) is 4.79 Å². The van der Waals surface area contributed by atoms with E-state index in [1.165, 1.54) is 0 Å². The average molecular weight is 340 g/mol. The predicted molar refractivity (Wildman–Crippen MR) is 93.9 cm³/mol. The van der Waals surface area contributed by atoms with Gasteiger partial charge in [-0.2, -0.15) is 0 Å². The van der Waals surface area contributed by atoms with E-state index in [-0.39, 0.29) is 30.1 Å². The molecule has 128 valence electrons. The highest BCUT2D eigenvalue weighted by molar-refractivity contribution is 5.97. The number of benzene rings is 1. The van der Waals surface area contributed by atoms with Crippen LogP contribution in [0.5, 0.6) is 0 Å². The quantitative estimate of drug-likeness (QED) is 0.735. The Kier molecular flexibility index (Phi) is 7.52. The molecule has 0 aliphatic carbocycles. The van der Waals surface area contributed by atoms with Gasteiger partial charge in [0.05, 0.1) is 0 Å². The summed E-state index contributed by atoms with van der Waals surface area (Å²) in [6, 6.07) is 6.86. The molecule has 0 bridgehead atoms. The lowest BCUT2D eigenvalue weighted by Crippen LogP contribution is -2.53. The topological polar surface area (TPSA) is 70.2 Å². The Morgan fingerprint density at radius 1 is 1.30 bits per heavy atom. The van der Waals surface area contributed by atoms with Gasteiger partial charge in [0.25, 0.3) is 5.91 Å². The van der Waals surface area contributed by atoms with Crippen molar-refractivity contribution in [3.8, 4) is 0 Å². The van der Waals surface area contributed by atoms with E-state index in [1.807, 2.05) is 39.0 Å². The highest BCUT2D eigenvalue weighted by Crippen LogP contribution is 2.08. The van der Waals surface area contributed by atoms with Crippen molar-refractivity contribution in [3.63, 3.8) is 0 Å². The third-order valence-corrected chi connectivity index (χ3v) is 3.95. The van der Waals surface area contributed by atoms with E-state index in [0.717, 1.165) is 18.7 Å². The van der Waals surface area contributed by atoms with Gasteiger partial charge in [0, 0.05) is 31.1 Å². The van der Waals surface area contributed by atoms with Crippen LogP contribution in [-0.4, -0.2) is 37.5 Å². The molecule has 5 nitrogen and oxygen atoms in total. The molecular weight excluding hydrogens is 314 g/mol. The largest absolute Gasteiger partial charge is 0.354 e. The molecular formula is C17H26ClN3O2. The van der Waals surface area contributed by atoms with E-state index >= 15 is 0 Å². The van der Waals surface area contributed by atoms with E-state index in [4.69, 9.17) is 0 Å². The maximum atomic E-state index is 12.3. The molecule has 1 aliphatic rings. The van der Waals surface area contributed by atoms with Crippen LogP contribution >= 0.6 is 12.4 Å². The Balaban J connectivity index is 0.00000264. The number of nitrogens with one attached hydrogen (secondary N) is 3. The van der Waals surface area contributed by atoms with Crippen molar-refractivity contribution in [1.82, 2.24) is 16.0 Å². The fourth-order valence-corrected chi connectivity index (χ4v) is 2.39. The van der Waals surface area contributed by atoms with Gasteiger partial charge < -0.3 is 16.0 Å². The van der Waals surface area contributed by atoms with Crippen LogP contribution in [0.4, 0.5) is 0 Å². The average Bonchev–Trinajstić information content (AvgIpc) is 2.42. The predicted octanol–water partition coefficient (Wildman–Crippen LogP) is 1.51. The fraction of sp³-hybridized carbons (Fsp3) is 0.529. The summed E-state index contributed by atoms with van der Waals surface area (Å²) < 4.78 is 0. The lowest BCUT2D eigenvalue weighted by Gasteiger charge is -2.29. The van der Waals surface area contributed by atoms with Crippen LogP contribution in [0.25, 0.3) is 0 Å². The summed E-state index contributed by atoms with van der Waals surface area (Å²) in [5.74, 6) is 0.225. The zero-order valence-corrected chi connectivity index (χ0v) is 14.7. The zero-order valence-electron chi connectivity index (χ0n) is 13.9. The first-order valence-corrected chi connectivity index (χ1v) is 7.83. The molecule has 2 rings (SSSR count). The summed E-state index contributed by atoms with van der Waals surface area (Å²) in [7, 11) is 0. The maximum absolute atomic E-state index is 12.3. The molecule has 1 aliphatic heterocycles. The van der Waals surface area contributed by atoms with Gasteiger partial charge >= 0.3 is 0 Å². The van der Waals surface area contributed by atoms with Gasteiger partial charge in [-0.1, -0.05) is 31.5 Å². The molecule has 1 aromatic rings. The van der Waals surface area contributed by atoms with Crippen LogP contribution in [0.2, 0.25) is 0 Å². The molecule has 0 aromatic heterocycles. The third kappa shape index (κ3) is 5.52. The van der Waals surface area contributed by atoms with Crippen LogP contribution < -0.4 is 16.0 Å². The van der Waals surface area contributed by atoms with Crippen LogP contribution in [0.15, 0.2) is 24.3 Å². The van der Waals surface area contributed by atoms with Gasteiger partial charge in [-0.05, 0) is 25.0 Å².